The largest absolute Gasteiger partial charge is 0.508 e. The molecule has 3 N–H and O–H groups in total. The molecule has 1 aliphatic rings. The Labute approximate surface area is 111 Å². The Morgan fingerprint density at radius 3 is 2.84 bits per heavy atom. The lowest BCUT2D eigenvalue weighted by Crippen LogP contribution is -2.28. The van der Waals surface area contributed by atoms with Crippen molar-refractivity contribution in [1.29, 1.82) is 0 Å². The summed E-state index contributed by atoms with van der Waals surface area (Å²) >= 11 is 0. The fourth-order valence-electron chi connectivity index (χ4n) is 2.40. The second kappa shape index (κ2) is 4.31. The van der Waals surface area contributed by atoms with Crippen molar-refractivity contribution >= 4 is 17.3 Å². The summed E-state index contributed by atoms with van der Waals surface area (Å²) in [4.78, 5) is 14.2. The van der Waals surface area contributed by atoms with Crippen LogP contribution in [-0.4, -0.2) is 17.6 Å². The van der Waals surface area contributed by atoms with E-state index in [1.165, 1.54) is 6.07 Å². The van der Waals surface area contributed by atoms with Gasteiger partial charge in [0.25, 0.3) is 5.91 Å². The smallest absolute Gasteiger partial charge is 0.258 e. The van der Waals surface area contributed by atoms with Crippen molar-refractivity contribution in [3.8, 4) is 5.75 Å². The number of anilines is 2. The van der Waals surface area contributed by atoms with Crippen LogP contribution in [-0.2, 0) is 6.42 Å². The molecule has 0 spiro atoms. The van der Waals surface area contributed by atoms with E-state index in [1.54, 1.807) is 23.1 Å². The molecule has 0 fully saturated rings. The van der Waals surface area contributed by atoms with Gasteiger partial charge in [-0.25, -0.2) is 0 Å². The molecule has 0 bridgehead atoms. The summed E-state index contributed by atoms with van der Waals surface area (Å²) < 4.78 is 0. The van der Waals surface area contributed by atoms with Crippen LogP contribution in [0.15, 0.2) is 42.5 Å². The second-order valence-electron chi connectivity index (χ2n) is 4.65. The van der Waals surface area contributed by atoms with Gasteiger partial charge in [-0.1, -0.05) is 12.1 Å². The lowest BCUT2D eigenvalue weighted by Gasteiger charge is -2.17. The number of aromatic hydroxyl groups is 1. The van der Waals surface area contributed by atoms with E-state index >= 15 is 0 Å². The second-order valence-corrected chi connectivity index (χ2v) is 4.65. The number of nitrogens with two attached hydrogens (primary N) is 1. The molecule has 0 unspecified atom stereocenters. The number of benzene rings is 2. The molecule has 2 aromatic carbocycles. The molecule has 96 valence electrons. The Hall–Kier alpha value is -2.49. The topological polar surface area (TPSA) is 66.6 Å². The van der Waals surface area contributed by atoms with Gasteiger partial charge in [0.1, 0.15) is 5.75 Å². The van der Waals surface area contributed by atoms with Crippen LogP contribution in [0.2, 0.25) is 0 Å². The Balaban J connectivity index is 1.97. The first-order valence-corrected chi connectivity index (χ1v) is 6.14. The molecule has 0 aliphatic carbocycles. The lowest BCUT2D eigenvalue weighted by molar-refractivity contribution is 0.0989. The third-order valence-electron chi connectivity index (χ3n) is 3.34. The molecular formula is C15H14N2O2. The monoisotopic (exact) mass is 254 g/mol. The molecule has 0 atom stereocenters. The average molecular weight is 254 g/mol. The molecule has 0 saturated carbocycles. The Morgan fingerprint density at radius 1 is 1.21 bits per heavy atom. The third kappa shape index (κ3) is 2.01. The van der Waals surface area contributed by atoms with E-state index in [0.29, 0.717) is 17.8 Å². The van der Waals surface area contributed by atoms with Gasteiger partial charge in [-0.3, -0.25) is 4.79 Å². The van der Waals surface area contributed by atoms with Crippen molar-refractivity contribution in [2.75, 3.05) is 17.2 Å². The summed E-state index contributed by atoms with van der Waals surface area (Å²) in [6, 6.07) is 12.0. The summed E-state index contributed by atoms with van der Waals surface area (Å²) in [7, 11) is 0. The number of hydrogen-bond donors (Lipinski definition) is 2. The summed E-state index contributed by atoms with van der Waals surface area (Å²) in [5.74, 6) is -0.0157. The molecule has 0 radical (unpaired) electrons. The number of hydrogen-bond acceptors (Lipinski definition) is 3. The van der Waals surface area contributed by atoms with Crippen LogP contribution in [0, 0.1) is 0 Å². The van der Waals surface area contributed by atoms with E-state index in [2.05, 4.69) is 0 Å². The van der Waals surface area contributed by atoms with E-state index in [-0.39, 0.29) is 11.7 Å². The van der Waals surface area contributed by atoms with E-state index in [1.807, 2.05) is 18.2 Å². The van der Waals surface area contributed by atoms with Crippen LogP contribution in [0.4, 0.5) is 11.4 Å². The van der Waals surface area contributed by atoms with Crippen LogP contribution >= 0.6 is 0 Å². The standard InChI is InChI=1S/C15H14N2O2/c16-12-5-4-10-6-7-17(14(10)9-12)15(19)11-2-1-3-13(18)8-11/h1-5,8-9,18H,6-7,16H2. The molecule has 19 heavy (non-hydrogen) atoms. The van der Waals surface area contributed by atoms with E-state index in [0.717, 1.165) is 17.7 Å². The highest BCUT2D eigenvalue weighted by atomic mass is 16.3. The van der Waals surface area contributed by atoms with Crippen molar-refractivity contribution < 1.29 is 9.90 Å². The van der Waals surface area contributed by atoms with Gasteiger partial charge < -0.3 is 15.7 Å². The minimum absolute atomic E-state index is 0.0952. The van der Waals surface area contributed by atoms with Gasteiger partial charge in [-0.05, 0) is 42.3 Å². The zero-order valence-corrected chi connectivity index (χ0v) is 10.3. The summed E-state index contributed by atoms with van der Waals surface area (Å²) in [5, 5.41) is 9.45. The van der Waals surface area contributed by atoms with Gasteiger partial charge >= 0.3 is 0 Å². The van der Waals surface area contributed by atoms with Gasteiger partial charge in [-0.2, -0.15) is 0 Å². The summed E-state index contributed by atoms with van der Waals surface area (Å²) in [6.07, 6.45) is 0.834. The number of nitrogen functional groups attached to an aromatic ring is 1. The Kier molecular flexibility index (Phi) is 2.63. The Morgan fingerprint density at radius 2 is 2.05 bits per heavy atom. The molecule has 1 aliphatic heterocycles. The number of phenolic OH excluding ortho intramolecular Hbond substituents is 1. The van der Waals surface area contributed by atoms with Crippen molar-refractivity contribution in [3.05, 3.63) is 53.6 Å². The number of rotatable bonds is 1. The molecule has 2 aromatic rings. The minimum atomic E-state index is -0.111. The molecule has 0 saturated heterocycles. The number of carbonyl (C=O) groups excluding carboxylic acids is 1. The number of nitrogens with zero attached hydrogens (tertiary/aromatic N) is 1. The highest BCUT2D eigenvalue weighted by Gasteiger charge is 2.25. The maximum Gasteiger partial charge on any atom is 0.258 e. The van der Waals surface area contributed by atoms with Gasteiger partial charge in [0.2, 0.25) is 0 Å². The van der Waals surface area contributed by atoms with Crippen molar-refractivity contribution in [2.45, 2.75) is 6.42 Å². The molecule has 3 rings (SSSR count). The molecule has 4 nitrogen and oxygen atoms in total. The fourth-order valence-corrected chi connectivity index (χ4v) is 2.40. The average Bonchev–Trinajstić information content (AvgIpc) is 2.80. The van der Waals surface area contributed by atoms with Gasteiger partial charge in [0.05, 0.1) is 0 Å². The van der Waals surface area contributed by atoms with Crippen LogP contribution in [0.3, 0.4) is 0 Å². The van der Waals surface area contributed by atoms with E-state index in [4.69, 9.17) is 5.73 Å². The van der Waals surface area contributed by atoms with Gasteiger partial charge in [0, 0.05) is 23.5 Å². The fraction of sp³-hybridized carbons (Fsp3) is 0.133. The number of fused-ring (bicyclic) bond motifs is 1. The number of carbonyl (C=O) groups is 1. The minimum Gasteiger partial charge on any atom is -0.508 e. The summed E-state index contributed by atoms with van der Waals surface area (Å²) in [5.41, 5.74) is 8.90. The molecule has 4 heteroatoms. The third-order valence-corrected chi connectivity index (χ3v) is 3.34. The number of amides is 1. The zero-order chi connectivity index (χ0) is 13.4. The molecular weight excluding hydrogens is 240 g/mol. The summed E-state index contributed by atoms with van der Waals surface area (Å²) in [6.45, 7) is 0.646. The van der Waals surface area contributed by atoms with E-state index in [9.17, 15) is 9.90 Å². The SMILES string of the molecule is Nc1ccc2c(c1)N(C(=O)c1cccc(O)c1)CC2. The van der Waals surface area contributed by atoms with Crippen LogP contribution in [0.1, 0.15) is 15.9 Å². The highest BCUT2D eigenvalue weighted by molar-refractivity contribution is 6.07. The Bertz CT molecular complexity index is 652. The maximum atomic E-state index is 12.4. The first kappa shape index (κ1) is 11.6. The number of phenols is 1. The van der Waals surface area contributed by atoms with Crippen molar-refractivity contribution in [1.82, 2.24) is 0 Å². The first-order valence-electron chi connectivity index (χ1n) is 6.14. The predicted molar refractivity (Wildman–Crippen MR) is 74.3 cm³/mol. The normalized spacial score (nSPS) is 13.4. The predicted octanol–water partition coefficient (Wildman–Crippen LogP) is 2.18. The van der Waals surface area contributed by atoms with Crippen molar-refractivity contribution in [3.63, 3.8) is 0 Å². The maximum absolute atomic E-state index is 12.4. The molecule has 1 heterocycles. The van der Waals surface area contributed by atoms with Gasteiger partial charge in [0.15, 0.2) is 0 Å². The highest BCUT2D eigenvalue weighted by Crippen LogP contribution is 2.31. The van der Waals surface area contributed by atoms with E-state index < -0.39 is 0 Å². The van der Waals surface area contributed by atoms with Crippen LogP contribution < -0.4 is 10.6 Å². The van der Waals surface area contributed by atoms with Crippen molar-refractivity contribution in [2.24, 2.45) is 0 Å². The van der Waals surface area contributed by atoms with Crippen LogP contribution in [0.5, 0.6) is 5.75 Å². The quantitative estimate of drug-likeness (QED) is 0.766. The lowest BCUT2D eigenvalue weighted by atomic mass is 10.1. The van der Waals surface area contributed by atoms with Crippen LogP contribution in [0.25, 0.3) is 0 Å². The van der Waals surface area contributed by atoms with Gasteiger partial charge in [-0.15, -0.1) is 0 Å². The molecule has 0 aromatic heterocycles. The first-order chi connectivity index (χ1) is 9.15. The zero-order valence-electron chi connectivity index (χ0n) is 10.3. The molecule has 1 amide bonds.